The van der Waals surface area contributed by atoms with Crippen LogP contribution in [0.15, 0.2) is 42.7 Å². The molecule has 2 saturated heterocycles. The number of carbonyl (C=O) groups is 3. The van der Waals surface area contributed by atoms with Crippen molar-refractivity contribution in [2.75, 3.05) is 31.1 Å². The van der Waals surface area contributed by atoms with Crippen molar-refractivity contribution in [2.45, 2.75) is 38.3 Å². The highest BCUT2D eigenvalue weighted by atomic mass is 16.5. The van der Waals surface area contributed by atoms with Gasteiger partial charge >= 0.3 is 0 Å². The largest absolute Gasteiger partial charge is 0.376 e. The maximum absolute atomic E-state index is 13.3. The summed E-state index contributed by atoms with van der Waals surface area (Å²) in [5, 5.41) is 3.04. The van der Waals surface area contributed by atoms with Crippen LogP contribution in [0.25, 0.3) is 0 Å². The summed E-state index contributed by atoms with van der Waals surface area (Å²) in [6.45, 7) is 2.80. The van der Waals surface area contributed by atoms with Gasteiger partial charge in [-0.2, -0.15) is 0 Å². The molecule has 0 spiro atoms. The van der Waals surface area contributed by atoms with Crippen LogP contribution in [-0.2, 0) is 16.1 Å². The summed E-state index contributed by atoms with van der Waals surface area (Å²) in [6, 6.07) is 9.01. The number of rotatable bonds is 6. The molecule has 1 N–H and O–H groups in total. The molecule has 0 saturated carbocycles. The van der Waals surface area contributed by atoms with Gasteiger partial charge in [0, 0.05) is 38.6 Å². The molecule has 33 heavy (non-hydrogen) atoms. The van der Waals surface area contributed by atoms with E-state index in [-0.39, 0.29) is 36.3 Å². The van der Waals surface area contributed by atoms with Crippen LogP contribution >= 0.6 is 0 Å². The first kappa shape index (κ1) is 21.6. The number of imide groups is 1. The van der Waals surface area contributed by atoms with E-state index in [2.05, 4.69) is 15.2 Å². The van der Waals surface area contributed by atoms with Crippen molar-refractivity contribution >= 4 is 23.4 Å². The molecule has 3 aliphatic heterocycles. The average Bonchev–Trinajstić information content (AvgIpc) is 3.46. The van der Waals surface area contributed by atoms with E-state index in [0.29, 0.717) is 24.2 Å². The van der Waals surface area contributed by atoms with Crippen LogP contribution in [-0.4, -0.2) is 60.0 Å². The van der Waals surface area contributed by atoms with Gasteiger partial charge in [-0.15, -0.1) is 0 Å². The molecule has 2 aromatic rings. The molecule has 3 aliphatic rings. The number of fused-ring (bicyclic) bond motifs is 1. The summed E-state index contributed by atoms with van der Waals surface area (Å²) in [4.78, 5) is 46.5. The van der Waals surface area contributed by atoms with Gasteiger partial charge in [0.05, 0.1) is 35.4 Å². The molecule has 8 heteroatoms. The lowest BCUT2D eigenvalue weighted by Crippen LogP contribution is -2.45. The Morgan fingerprint density at radius 2 is 1.94 bits per heavy atom. The maximum Gasteiger partial charge on any atom is 0.263 e. The van der Waals surface area contributed by atoms with Crippen LogP contribution in [0.5, 0.6) is 0 Å². The molecular weight excluding hydrogens is 420 g/mol. The molecule has 1 aromatic carbocycles. The number of aromatic nitrogens is 1. The van der Waals surface area contributed by atoms with E-state index in [1.54, 1.807) is 30.6 Å². The molecule has 1 aromatic heterocycles. The fourth-order valence-corrected chi connectivity index (χ4v) is 4.97. The second-order valence-electron chi connectivity index (χ2n) is 8.92. The first-order chi connectivity index (χ1) is 16.1. The van der Waals surface area contributed by atoms with E-state index in [4.69, 9.17) is 4.74 Å². The summed E-state index contributed by atoms with van der Waals surface area (Å²) in [6.07, 6.45) is 7.10. The third-order valence-electron chi connectivity index (χ3n) is 6.73. The van der Waals surface area contributed by atoms with Gasteiger partial charge in [-0.3, -0.25) is 24.3 Å². The second-order valence-corrected chi connectivity index (χ2v) is 8.92. The molecule has 2 unspecified atom stereocenters. The monoisotopic (exact) mass is 448 g/mol. The molecule has 8 nitrogen and oxygen atoms in total. The number of pyridine rings is 1. The number of carbonyl (C=O) groups excluding carboxylic acids is 3. The second kappa shape index (κ2) is 9.31. The van der Waals surface area contributed by atoms with Crippen molar-refractivity contribution in [1.82, 2.24) is 15.2 Å². The SMILES string of the molecule is O=C(NCC1CCCO1)C1CCCN(c2cccc3c2C(=O)N(Cc2ccncc2)C3=O)C1. The Balaban J connectivity index is 1.31. The minimum atomic E-state index is -0.285. The number of hydrogen-bond donors (Lipinski definition) is 1. The van der Waals surface area contributed by atoms with Crippen LogP contribution in [0.2, 0.25) is 0 Å². The topological polar surface area (TPSA) is 91.8 Å². The van der Waals surface area contributed by atoms with E-state index < -0.39 is 0 Å². The van der Waals surface area contributed by atoms with E-state index >= 15 is 0 Å². The van der Waals surface area contributed by atoms with Crippen molar-refractivity contribution in [2.24, 2.45) is 5.92 Å². The lowest BCUT2D eigenvalue weighted by Gasteiger charge is -2.34. The van der Waals surface area contributed by atoms with E-state index in [1.807, 2.05) is 12.1 Å². The first-order valence-corrected chi connectivity index (χ1v) is 11.6. The number of nitrogens with one attached hydrogen (secondary N) is 1. The van der Waals surface area contributed by atoms with Gasteiger partial charge in [0.25, 0.3) is 11.8 Å². The van der Waals surface area contributed by atoms with Crippen LogP contribution in [0, 0.1) is 5.92 Å². The number of amides is 3. The average molecular weight is 449 g/mol. The zero-order valence-corrected chi connectivity index (χ0v) is 18.5. The lowest BCUT2D eigenvalue weighted by molar-refractivity contribution is -0.125. The molecule has 0 aliphatic carbocycles. The Morgan fingerprint density at radius 1 is 1.09 bits per heavy atom. The smallest absolute Gasteiger partial charge is 0.263 e. The third-order valence-corrected chi connectivity index (χ3v) is 6.73. The van der Waals surface area contributed by atoms with Gasteiger partial charge in [0.2, 0.25) is 5.91 Å². The molecule has 172 valence electrons. The minimum Gasteiger partial charge on any atom is -0.376 e. The summed E-state index contributed by atoms with van der Waals surface area (Å²) in [5.74, 6) is -0.690. The highest BCUT2D eigenvalue weighted by molar-refractivity contribution is 6.23. The minimum absolute atomic E-state index is 0.0319. The summed E-state index contributed by atoms with van der Waals surface area (Å²) >= 11 is 0. The molecule has 5 rings (SSSR count). The number of nitrogens with zero attached hydrogens (tertiary/aromatic N) is 3. The Kier molecular flexibility index (Phi) is 6.09. The molecule has 2 atom stereocenters. The van der Waals surface area contributed by atoms with E-state index in [9.17, 15) is 14.4 Å². The molecule has 4 heterocycles. The number of anilines is 1. The van der Waals surface area contributed by atoms with Gasteiger partial charge in [-0.25, -0.2) is 0 Å². The third kappa shape index (κ3) is 4.35. The zero-order chi connectivity index (χ0) is 22.8. The number of ether oxygens (including phenoxy) is 1. The van der Waals surface area contributed by atoms with Crippen LogP contribution in [0.4, 0.5) is 5.69 Å². The Labute approximate surface area is 192 Å². The van der Waals surface area contributed by atoms with Gasteiger partial charge in [-0.1, -0.05) is 6.07 Å². The van der Waals surface area contributed by atoms with Gasteiger partial charge < -0.3 is 15.0 Å². The van der Waals surface area contributed by atoms with Gasteiger partial charge in [0.15, 0.2) is 0 Å². The maximum atomic E-state index is 13.3. The van der Waals surface area contributed by atoms with E-state index in [1.165, 1.54) is 4.90 Å². The van der Waals surface area contributed by atoms with Crippen LogP contribution < -0.4 is 10.2 Å². The Hall–Kier alpha value is -3.26. The number of piperidine rings is 1. The van der Waals surface area contributed by atoms with E-state index in [0.717, 1.165) is 50.1 Å². The molecule has 0 bridgehead atoms. The fraction of sp³-hybridized carbons (Fsp3) is 0.440. The highest BCUT2D eigenvalue weighted by Gasteiger charge is 2.39. The van der Waals surface area contributed by atoms with Crippen LogP contribution in [0.3, 0.4) is 0 Å². The lowest BCUT2D eigenvalue weighted by atomic mass is 9.95. The van der Waals surface area contributed by atoms with Crippen molar-refractivity contribution in [3.05, 3.63) is 59.4 Å². The van der Waals surface area contributed by atoms with Gasteiger partial charge in [-0.05, 0) is 55.5 Å². The molecule has 0 radical (unpaired) electrons. The predicted octanol–water partition coefficient (Wildman–Crippen LogP) is 2.39. The molecular formula is C25H28N4O4. The van der Waals surface area contributed by atoms with Crippen molar-refractivity contribution < 1.29 is 19.1 Å². The first-order valence-electron chi connectivity index (χ1n) is 11.6. The summed E-state index contributed by atoms with van der Waals surface area (Å²) in [7, 11) is 0. The number of hydrogen-bond acceptors (Lipinski definition) is 6. The Bertz CT molecular complexity index is 1050. The number of benzene rings is 1. The summed E-state index contributed by atoms with van der Waals surface area (Å²) < 4.78 is 5.60. The quantitative estimate of drug-likeness (QED) is 0.683. The summed E-state index contributed by atoms with van der Waals surface area (Å²) in [5.41, 5.74) is 2.45. The van der Waals surface area contributed by atoms with Crippen molar-refractivity contribution in [3.8, 4) is 0 Å². The van der Waals surface area contributed by atoms with Crippen molar-refractivity contribution in [3.63, 3.8) is 0 Å². The molecule has 3 amide bonds. The Morgan fingerprint density at radius 3 is 2.73 bits per heavy atom. The van der Waals surface area contributed by atoms with Crippen molar-refractivity contribution in [1.29, 1.82) is 0 Å². The van der Waals surface area contributed by atoms with Gasteiger partial charge in [0.1, 0.15) is 0 Å². The normalized spacial score (nSPS) is 22.5. The zero-order valence-electron chi connectivity index (χ0n) is 18.5. The highest BCUT2D eigenvalue weighted by Crippen LogP contribution is 2.34. The molecule has 2 fully saturated rings. The van der Waals surface area contributed by atoms with Crippen LogP contribution in [0.1, 0.15) is 52.0 Å². The fourth-order valence-electron chi connectivity index (χ4n) is 4.97. The standard InChI is InChI=1S/C25H28N4O4/c30-23(27-14-19-5-3-13-33-19)18-4-2-12-28(16-18)21-7-1-6-20-22(21)25(32)29(24(20)31)15-17-8-10-26-11-9-17/h1,6-11,18-19H,2-5,12-16H2,(H,27,30). The predicted molar refractivity (Wildman–Crippen MR) is 122 cm³/mol.